The summed E-state index contributed by atoms with van der Waals surface area (Å²) in [6, 6.07) is 48.9. The Hall–Kier alpha value is -5.94. The molecule has 0 aliphatic carbocycles. The van der Waals surface area contributed by atoms with Gasteiger partial charge in [0.05, 0.1) is 0 Å². The Morgan fingerprint density at radius 1 is 0.386 bits per heavy atom. The first-order chi connectivity index (χ1) is 21.3. The van der Waals surface area contributed by atoms with Crippen LogP contribution in [0.1, 0.15) is 7.43 Å². The fourth-order valence-corrected chi connectivity index (χ4v) is 5.36. The summed E-state index contributed by atoms with van der Waals surface area (Å²) in [5.74, 6) is 2.53. The van der Waals surface area contributed by atoms with Crippen molar-refractivity contribution in [2.45, 2.75) is 7.43 Å². The molecule has 5 nitrogen and oxygen atoms in total. The lowest BCUT2D eigenvalue weighted by molar-refractivity contribution is 0.623. The molecular weight excluding hydrogens is 540 g/mol. The van der Waals surface area contributed by atoms with E-state index in [1.807, 2.05) is 109 Å². The van der Waals surface area contributed by atoms with E-state index in [0.717, 1.165) is 55.3 Å². The van der Waals surface area contributed by atoms with Gasteiger partial charge in [-0.1, -0.05) is 123 Å². The molecule has 2 aromatic heterocycles. The molecule has 2 heterocycles. The van der Waals surface area contributed by atoms with E-state index in [1.54, 1.807) is 0 Å². The summed E-state index contributed by atoms with van der Waals surface area (Å²) in [5.41, 5.74) is 7.51. The normalized spacial score (nSPS) is 11.0. The molecule has 0 saturated carbocycles. The number of rotatable bonds is 5. The molecule has 6 aromatic carbocycles. The molecule has 5 heteroatoms. The summed E-state index contributed by atoms with van der Waals surface area (Å²) in [6.07, 6.45) is 0. The van der Waals surface area contributed by atoms with Crippen molar-refractivity contribution < 1.29 is 4.42 Å². The minimum Gasteiger partial charge on any atom is -0.435 e. The van der Waals surface area contributed by atoms with Crippen molar-refractivity contribution in [2.24, 2.45) is 0 Å². The average molecular weight is 569 g/mol. The zero-order valence-corrected chi connectivity index (χ0v) is 23.1. The predicted octanol–water partition coefficient (Wildman–Crippen LogP) is 10.1. The highest BCUT2D eigenvalue weighted by Gasteiger charge is 2.15. The second-order valence-electron chi connectivity index (χ2n) is 10.4. The fraction of sp³-hybridized carbons (Fsp3) is 0.0256. The Bertz CT molecular complexity index is 2170. The third-order valence-corrected chi connectivity index (χ3v) is 7.55. The number of nitrogens with zero attached hydrogens (tertiary/aromatic N) is 4. The number of hydrogen-bond donors (Lipinski definition) is 0. The zero-order valence-electron chi connectivity index (χ0n) is 23.1. The van der Waals surface area contributed by atoms with Gasteiger partial charge in [-0.3, -0.25) is 0 Å². The average Bonchev–Trinajstić information content (AvgIpc) is 3.54. The largest absolute Gasteiger partial charge is 0.435 e. The summed E-state index contributed by atoms with van der Waals surface area (Å²) in [4.78, 5) is 19.4. The van der Waals surface area contributed by atoms with Crippen LogP contribution in [0.5, 0.6) is 0 Å². The molecule has 0 radical (unpaired) electrons. The second-order valence-corrected chi connectivity index (χ2v) is 10.4. The van der Waals surface area contributed by atoms with Crippen LogP contribution in [0, 0.1) is 0 Å². The van der Waals surface area contributed by atoms with Crippen LogP contribution in [0.3, 0.4) is 0 Å². The minimum absolute atomic E-state index is 0. The SMILES string of the molecule is C.c1ccc(-c2nc(-c3ccccc3)nc(-c3cccc(-c4ccc5ccc6nc(-c7ccccc7)oc6c5c4)c3)n2)cc1. The molecule has 0 spiro atoms. The van der Waals surface area contributed by atoms with Crippen molar-refractivity contribution in [1.82, 2.24) is 19.9 Å². The first-order valence-corrected chi connectivity index (χ1v) is 14.1. The Labute approximate surface area is 255 Å². The number of fused-ring (bicyclic) bond motifs is 3. The number of hydrogen-bond acceptors (Lipinski definition) is 5. The Morgan fingerprint density at radius 3 is 1.52 bits per heavy atom. The molecule has 44 heavy (non-hydrogen) atoms. The van der Waals surface area contributed by atoms with E-state index in [-0.39, 0.29) is 7.43 Å². The van der Waals surface area contributed by atoms with Crippen LogP contribution < -0.4 is 0 Å². The van der Waals surface area contributed by atoms with Crippen LogP contribution in [-0.4, -0.2) is 19.9 Å². The highest BCUT2D eigenvalue weighted by molar-refractivity contribution is 6.05. The van der Waals surface area contributed by atoms with Crippen LogP contribution in [0.25, 0.3) is 78.6 Å². The van der Waals surface area contributed by atoms with Gasteiger partial charge in [-0.2, -0.15) is 0 Å². The molecule has 0 amide bonds. The summed E-state index contributed by atoms with van der Waals surface area (Å²) < 4.78 is 6.32. The summed E-state index contributed by atoms with van der Waals surface area (Å²) >= 11 is 0. The Morgan fingerprint density at radius 2 is 0.886 bits per heavy atom. The van der Waals surface area contributed by atoms with Crippen molar-refractivity contribution in [3.8, 4) is 56.7 Å². The Balaban J connectivity index is 0.00000312. The number of aromatic nitrogens is 4. The lowest BCUT2D eigenvalue weighted by Crippen LogP contribution is -2.00. The van der Waals surface area contributed by atoms with Crippen molar-refractivity contribution in [2.75, 3.05) is 0 Å². The molecule has 8 rings (SSSR count). The smallest absolute Gasteiger partial charge is 0.227 e. The molecule has 0 bridgehead atoms. The van der Waals surface area contributed by atoms with E-state index in [1.165, 1.54) is 0 Å². The molecular formula is C39H28N4O. The standard InChI is InChI=1S/C38H24N4O.CH4/c1-4-11-26(12-5-1)35-40-36(27-13-6-2-7-14-27)42-37(41-35)31-18-10-17-29(23-31)30-20-19-25-21-22-33-34(32(25)24-30)43-38(39-33)28-15-8-3-9-16-28;/h1-24H;1H4. The maximum atomic E-state index is 6.32. The van der Waals surface area contributed by atoms with Crippen LogP contribution in [-0.2, 0) is 0 Å². The van der Waals surface area contributed by atoms with Gasteiger partial charge in [0.2, 0.25) is 5.89 Å². The van der Waals surface area contributed by atoms with Gasteiger partial charge in [0, 0.05) is 27.6 Å². The molecule has 0 atom stereocenters. The van der Waals surface area contributed by atoms with Gasteiger partial charge in [-0.15, -0.1) is 0 Å². The predicted molar refractivity (Wildman–Crippen MR) is 179 cm³/mol. The Kier molecular flexibility index (Phi) is 6.97. The molecule has 8 aromatic rings. The van der Waals surface area contributed by atoms with Gasteiger partial charge < -0.3 is 4.42 Å². The third-order valence-electron chi connectivity index (χ3n) is 7.55. The number of oxazole rings is 1. The van der Waals surface area contributed by atoms with Crippen molar-refractivity contribution in [1.29, 1.82) is 0 Å². The molecule has 0 aliphatic heterocycles. The van der Waals surface area contributed by atoms with E-state index >= 15 is 0 Å². The van der Waals surface area contributed by atoms with E-state index < -0.39 is 0 Å². The highest BCUT2D eigenvalue weighted by atomic mass is 16.3. The van der Waals surface area contributed by atoms with E-state index in [9.17, 15) is 0 Å². The van der Waals surface area contributed by atoms with Gasteiger partial charge in [-0.25, -0.2) is 19.9 Å². The first kappa shape index (κ1) is 26.9. The van der Waals surface area contributed by atoms with Crippen molar-refractivity contribution >= 4 is 21.9 Å². The van der Waals surface area contributed by atoms with E-state index in [0.29, 0.717) is 23.4 Å². The van der Waals surface area contributed by atoms with Gasteiger partial charge in [0.25, 0.3) is 0 Å². The summed E-state index contributed by atoms with van der Waals surface area (Å²) in [7, 11) is 0. The van der Waals surface area contributed by atoms with Gasteiger partial charge in [0.15, 0.2) is 23.1 Å². The molecule has 0 unspecified atom stereocenters. The van der Waals surface area contributed by atoms with Gasteiger partial charge >= 0.3 is 0 Å². The van der Waals surface area contributed by atoms with E-state index in [4.69, 9.17) is 24.4 Å². The van der Waals surface area contributed by atoms with Gasteiger partial charge in [-0.05, 0) is 46.8 Å². The molecule has 0 saturated heterocycles. The van der Waals surface area contributed by atoms with Gasteiger partial charge in [0.1, 0.15) is 5.52 Å². The van der Waals surface area contributed by atoms with Crippen LogP contribution in [0.4, 0.5) is 0 Å². The molecule has 210 valence electrons. The van der Waals surface area contributed by atoms with Crippen LogP contribution in [0.2, 0.25) is 0 Å². The molecule has 0 aliphatic rings. The van der Waals surface area contributed by atoms with Crippen LogP contribution in [0.15, 0.2) is 150 Å². The van der Waals surface area contributed by atoms with E-state index in [2.05, 4.69) is 36.4 Å². The lowest BCUT2D eigenvalue weighted by atomic mass is 9.99. The quantitative estimate of drug-likeness (QED) is 0.207. The fourth-order valence-electron chi connectivity index (χ4n) is 5.36. The number of benzene rings is 6. The van der Waals surface area contributed by atoms with Crippen molar-refractivity contribution in [3.05, 3.63) is 146 Å². The molecule has 0 fully saturated rings. The third kappa shape index (κ3) is 5.01. The molecule has 0 N–H and O–H groups in total. The topological polar surface area (TPSA) is 64.7 Å². The summed E-state index contributed by atoms with van der Waals surface area (Å²) in [5, 5.41) is 2.12. The second kappa shape index (κ2) is 11.4. The van der Waals surface area contributed by atoms with Crippen LogP contribution >= 0.6 is 0 Å². The highest BCUT2D eigenvalue weighted by Crippen LogP contribution is 2.34. The monoisotopic (exact) mass is 568 g/mol. The maximum absolute atomic E-state index is 6.32. The first-order valence-electron chi connectivity index (χ1n) is 14.1. The minimum atomic E-state index is 0. The zero-order chi connectivity index (χ0) is 28.6. The summed E-state index contributed by atoms with van der Waals surface area (Å²) in [6.45, 7) is 0. The lowest BCUT2D eigenvalue weighted by Gasteiger charge is -2.10. The maximum Gasteiger partial charge on any atom is 0.227 e. The van der Waals surface area contributed by atoms with Crippen molar-refractivity contribution in [3.63, 3.8) is 0 Å².